The number of methoxy groups -OCH3 is 3. The van der Waals surface area contributed by atoms with E-state index in [-0.39, 0.29) is 16.2 Å². The van der Waals surface area contributed by atoms with E-state index in [9.17, 15) is 4.89 Å². The van der Waals surface area contributed by atoms with Gasteiger partial charge < -0.3 is 14.2 Å². The third-order valence-electron chi connectivity index (χ3n) is 7.25. The fraction of sp³-hybridized carbons (Fsp3) is 0.455. The molecule has 0 aliphatic carbocycles. The zero-order valence-corrected chi connectivity index (χ0v) is 26.9. The van der Waals surface area contributed by atoms with Crippen molar-refractivity contribution in [2.75, 3.05) is 21.3 Å². The van der Waals surface area contributed by atoms with E-state index in [0.29, 0.717) is 34.1 Å². The van der Waals surface area contributed by atoms with Crippen molar-refractivity contribution in [1.29, 1.82) is 0 Å². The van der Waals surface area contributed by atoms with Gasteiger partial charge in [0.1, 0.15) is 17.2 Å². The molecule has 1 N–H and O–H groups in total. The third kappa shape index (κ3) is 5.49. The van der Waals surface area contributed by atoms with Crippen LogP contribution in [0.5, 0.6) is 28.7 Å². The number of ether oxygens (including phenoxy) is 3. The average Bonchev–Trinajstić information content (AvgIpc) is 2.99. The molecule has 0 radical (unpaired) electrons. The minimum Gasteiger partial charge on any atom is -0.497 e. The van der Waals surface area contributed by atoms with Gasteiger partial charge in [0.25, 0.3) is 0 Å². The third-order valence-corrected chi connectivity index (χ3v) is 9.11. The van der Waals surface area contributed by atoms with Gasteiger partial charge in [0.2, 0.25) is 5.30 Å². The topological polar surface area (TPSA) is 66.4 Å². The summed E-state index contributed by atoms with van der Waals surface area (Å²) < 4.78 is 30.7. The second kappa shape index (κ2) is 10.2. The maximum Gasteiger partial charge on any atom is 0.533 e. The molecule has 0 bridgehead atoms. The molecule has 3 aromatic rings. The van der Waals surface area contributed by atoms with Crippen LogP contribution in [0.2, 0.25) is 0 Å². The highest BCUT2D eigenvalue weighted by molar-refractivity contribution is 7.69. The molecule has 6 nitrogen and oxygen atoms in total. The molecule has 0 saturated carbocycles. The number of hydrogen-bond acceptors (Lipinski definition) is 6. The summed E-state index contributed by atoms with van der Waals surface area (Å²) in [7, 11) is 1.19. The Morgan fingerprint density at radius 3 is 1.27 bits per heavy atom. The minimum absolute atomic E-state index is 0.327. The first-order valence-corrected chi connectivity index (χ1v) is 15.2. The maximum absolute atomic E-state index is 12.7. The first-order chi connectivity index (χ1) is 18.4. The largest absolute Gasteiger partial charge is 0.533 e. The van der Waals surface area contributed by atoms with Crippen molar-refractivity contribution in [1.82, 2.24) is 0 Å². The van der Waals surface area contributed by atoms with Crippen molar-refractivity contribution in [3.63, 3.8) is 0 Å². The highest BCUT2D eigenvalue weighted by atomic mass is 31.2. The van der Waals surface area contributed by atoms with E-state index in [2.05, 4.69) is 62.3 Å². The fourth-order valence-corrected chi connectivity index (χ4v) is 7.09. The monoisotopic (exact) mass is 567 g/mol. The van der Waals surface area contributed by atoms with Gasteiger partial charge in [-0.2, -0.15) is 4.89 Å². The van der Waals surface area contributed by atoms with Crippen LogP contribution in [-0.4, -0.2) is 26.2 Å². The van der Waals surface area contributed by atoms with Gasteiger partial charge in [0.05, 0.1) is 21.3 Å². The van der Waals surface area contributed by atoms with Gasteiger partial charge in [-0.1, -0.05) is 62.3 Å². The Kier molecular flexibility index (Phi) is 7.62. The predicted octanol–water partition coefficient (Wildman–Crippen LogP) is 8.12. The fourth-order valence-electron chi connectivity index (χ4n) is 5.01. The van der Waals surface area contributed by atoms with Crippen molar-refractivity contribution in [2.45, 2.75) is 78.6 Å². The molecule has 0 amide bonds. The van der Waals surface area contributed by atoms with Gasteiger partial charge >= 0.3 is 7.94 Å². The highest BCUT2D eigenvalue weighted by Gasteiger charge is 2.55. The van der Waals surface area contributed by atoms with Crippen LogP contribution in [-0.2, 0) is 16.2 Å². The van der Waals surface area contributed by atoms with Crippen LogP contribution in [0, 0.1) is 0 Å². The first kappa shape index (κ1) is 30.0. The predicted molar refractivity (Wildman–Crippen MR) is 164 cm³/mol. The van der Waals surface area contributed by atoms with Crippen LogP contribution in [0.15, 0.2) is 42.5 Å². The smallest absolute Gasteiger partial charge is 0.497 e. The number of rotatable bonds is 4. The molecule has 0 atom stereocenters. The van der Waals surface area contributed by atoms with E-state index in [1.807, 2.05) is 42.5 Å². The van der Waals surface area contributed by atoms with Gasteiger partial charge in [0.15, 0.2) is 11.5 Å². The number of benzene rings is 3. The zero-order valence-electron chi connectivity index (χ0n) is 26.0. The minimum atomic E-state index is -3.77. The van der Waals surface area contributed by atoms with Crippen LogP contribution in [0.1, 0.15) is 79.0 Å². The molecule has 0 spiro atoms. The molecule has 40 heavy (non-hydrogen) atoms. The lowest BCUT2D eigenvalue weighted by molar-refractivity contribution is 0.355. The van der Waals surface area contributed by atoms with Crippen molar-refractivity contribution in [2.24, 2.45) is 0 Å². The summed E-state index contributed by atoms with van der Waals surface area (Å²) in [4.78, 5) is 12.7. The molecule has 3 aromatic carbocycles. The Labute approximate surface area is 240 Å². The molecule has 0 saturated heterocycles. The van der Waals surface area contributed by atoms with E-state index in [1.165, 1.54) is 0 Å². The van der Waals surface area contributed by atoms with Crippen LogP contribution in [0.4, 0.5) is 0 Å². The summed E-state index contributed by atoms with van der Waals surface area (Å²) in [6.07, 6.45) is 0. The molecule has 1 heterocycles. The van der Waals surface area contributed by atoms with Crippen molar-refractivity contribution >= 4 is 13.2 Å². The number of fused-ring (bicyclic) bond motifs is 3. The van der Waals surface area contributed by atoms with E-state index in [0.717, 1.165) is 27.8 Å². The average molecular weight is 568 g/mol. The summed E-state index contributed by atoms with van der Waals surface area (Å²) in [5.41, 5.74) is 3.29. The van der Waals surface area contributed by atoms with Crippen molar-refractivity contribution < 1.29 is 28.2 Å². The Bertz CT molecular complexity index is 1350. The summed E-state index contributed by atoms with van der Waals surface area (Å²) in [6, 6.07) is 13.6. The summed E-state index contributed by atoms with van der Waals surface area (Å²) in [5, 5.41) is 0.617. The van der Waals surface area contributed by atoms with Crippen LogP contribution >= 0.6 is 7.94 Å². The molecule has 0 unspecified atom stereocenters. The van der Waals surface area contributed by atoms with Crippen LogP contribution in [0.25, 0.3) is 11.1 Å². The first-order valence-electron chi connectivity index (χ1n) is 13.6. The Hall–Kier alpha value is -2.95. The molecule has 216 valence electrons. The second-order valence-electron chi connectivity index (χ2n) is 13.4. The molecule has 0 fully saturated rings. The van der Waals surface area contributed by atoms with Crippen LogP contribution < -0.4 is 28.6 Å². The molecular weight excluding hydrogens is 523 g/mol. The SMILES string of the molecule is COc1ccc([P+]2(O)Oc3c(cc(OC)cc3C(C)(C)C)-c3cc(OC)cc(C(C)(C)C)c3O2)c(C(C)(C)C)c1. The Morgan fingerprint density at radius 1 is 0.550 bits per heavy atom. The summed E-state index contributed by atoms with van der Waals surface area (Å²) >= 11 is 0. The lowest BCUT2D eigenvalue weighted by Gasteiger charge is -2.28. The Balaban J connectivity index is 2.19. The van der Waals surface area contributed by atoms with Crippen molar-refractivity contribution in [3.8, 4) is 39.9 Å². The standard InChI is InChI=1S/C33H44O6P/c1-31(2,3)25-17-20(35-10)13-14-28(25)40(34)38-29-23(15-21(36-11)18-26(29)32(4,5)6)24-16-22(37-12)19-27(30(24)39-40)33(7,8)9/h13-19,34H,1-12H3/q+1. The van der Waals surface area contributed by atoms with Gasteiger partial charge in [-0.05, 0) is 58.7 Å². The van der Waals surface area contributed by atoms with Gasteiger partial charge in [-0.3, -0.25) is 9.05 Å². The summed E-state index contributed by atoms with van der Waals surface area (Å²) in [5.74, 6) is 3.25. The highest BCUT2D eigenvalue weighted by Crippen LogP contribution is 2.65. The van der Waals surface area contributed by atoms with Gasteiger partial charge in [-0.25, -0.2) is 0 Å². The van der Waals surface area contributed by atoms with Gasteiger partial charge in [-0.15, -0.1) is 0 Å². The zero-order chi connectivity index (χ0) is 29.8. The van der Waals surface area contributed by atoms with Gasteiger partial charge in [0, 0.05) is 27.8 Å². The molecule has 7 heteroatoms. The quantitative estimate of drug-likeness (QED) is 0.321. The molecule has 0 aromatic heterocycles. The molecule has 4 rings (SSSR count). The normalized spacial score (nSPS) is 14.7. The lowest BCUT2D eigenvalue weighted by atomic mass is 9.81. The van der Waals surface area contributed by atoms with E-state index >= 15 is 0 Å². The summed E-state index contributed by atoms with van der Waals surface area (Å²) in [6.45, 7) is 19.0. The molecule has 1 aliphatic rings. The van der Waals surface area contributed by atoms with E-state index in [1.54, 1.807) is 21.3 Å². The molecular formula is C33H44O6P+. The van der Waals surface area contributed by atoms with Crippen LogP contribution in [0.3, 0.4) is 0 Å². The lowest BCUT2D eigenvalue weighted by Crippen LogP contribution is -2.30. The van der Waals surface area contributed by atoms with E-state index < -0.39 is 7.94 Å². The van der Waals surface area contributed by atoms with E-state index in [4.69, 9.17) is 23.3 Å². The maximum atomic E-state index is 12.7. The molecule has 1 aliphatic heterocycles. The second-order valence-corrected chi connectivity index (χ2v) is 15.3. The number of hydrogen-bond donors (Lipinski definition) is 1. The Morgan fingerprint density at radius 2 is 0.925 bits per heavy atom. The van der Waals surface area contributed by atoms with Crippen molar-refractivity contribution in [3.05, 3.63) is 59.2 Å².